The molecule has 22 heavy (non-hydrogen) atoms. The molecule has 8 heteroatoms. The van der Waals surface area contributed by atoms with E-state index in [2.05, 4.69) is 14.8 Å². The molecular weight excluding hydrogens is 328 g/mol. The molecule has 116 valence electrons. The van der Waals surface area contributed by atoms with Gasteiger partial charge in [0.05, 0.1) is 17.7 Å². The van der Waals surface area contributed by atoms with Crippen LogP contribution < -0.4 is 10.0 Å². The van der Waals surface area contributed by atoms with Crippen molar-refractivity contribution in [2.24, 2.45) is 0 Å². The predicted molar refractivity (Wildman–Crippen MR) is 84.7 cm³/mol. The molecule has 0 radical (unpaired) electrons. The molecule has 0 aromatic heterocycles. The highest BCUT2D eigenvalue weighted by molar-refractivity contribution is 7.92. The van der Waals surface area contributed by atoms with Gasteiger partial charge in [0.1, 0.15) is 0 Å². The first kappa shape index (κ1) is 16.1. The molecule has 0 heterocycles. The number of benzene rings is 2. The van der Waals surface area contributed by atoms with Crippen LogP contribution in [0.3, 0.4) is 0 Å². The van der Waals surface area contributed by atoms with Crippen LogP contribution in [0.25, 0.3) is 0 Å². The minimum absolute atomic E-state index is 0.0475. The molecule has 0 atom stereocenters. The fourth-order valence-corrected chi connectivity index (χ4v) is 3.03. The molecule has 2 aromatic carbocycles. The minimum atomic E-state index is -3.77. The molecule has 0 bridgehead atoms. The maximum absolute atomic E-state index is 12.3. The largest absolute Gasteiger partial charge is 0.453 e. The summed E-state index contributed by atoms with van der Waals surface area (Å²) in [6.45, 7) is 0. The molecule has 6 nitrogen and oxygen atoms in total. The smallest absolute Gasteiger partial charge is 0.411 e. The predicted octanol–water partition coefficient (Wildman–Crippen LogP) is 3.32. The Morgan fingerprint density at radius 1 is 1.09 bits per heavy atom. The molecule has 0 aliphatic carbocycles. The number of nitrogens with one attached hydrogen (secondary N) is 2. The van der Waals surface area contributed by atoms with Gasteiger partial charge in [-0.15, -0.1) is 0 Å². The summed E-state index contributed by atoms with van der Waals surface area (Å²) in [5, 5.41) is 2.77. The van der Waals surface area contributed by atoms with Crippen LogP contribution in [0.5, 0.6) is 0 Å². The summed E-state index contributed by atoms with van der Waals surface area (Å²) >= 11 is 5.80. The zero-order valence-corrected chi connectivity index (χ0v) is 13.1. The summed E-state index contributed by atoms with van der Waals surface area (Å²) in [6.07, 6.45) is -0.644. The Balaban J connectivity index is 2.23. The number of anilines is 2. The molecule has 1 amide bonds. The molecule has 0 saturated carbocycles. The lowest BCUT2D eigenvalue weighted by molar-refractivity contribution is 0.187. The first-order valence-electron chi connectivity index (χ1n) is 6.14. The van der Waals surface area contributed by atoms with Gasteiger partial charge in [-0.05, 0) is 36.4 Å². The van der Waals surface area contributed by atoms with Crippen LogP contribution >= 0.6 is 11.6 Å². The molecule has 2 rings (SSSR count). The topological polar surface area (TPSA) is 84.5 Å². The van der Waals surface area contributed by atoms with Crippen molar-refractivity contribution in [3.05, 3.63) is 53.6 Å². The second-order valence-electron chi connectivity index (χ2n) is 4.26. The van der Waals surface area contributed by atoms with Crippen LogP contribution in [0, 0.1) is 0 Å². The number of amides is 1. The van der Waals surface area contributed by atoms with Gasteiger partial charge in [-0.3, -0.25) is 10.0 Å². The van der Waals surface area contributed by atoms with Gasteiger partial charge >= 0.3 is 6.09 Å². The van der Waals surface area contributed by atoms with Gasteiger partial charge in [-0.1, -0.05) is 23.7 Å². The summed E-state index contributed by atoms with van der Waals surface area (Å²) in [5.74, 6) is 0. The highest BCUT2D eigenvalue weighted by atomic mass is 35.5. The SMILES string of the molecule is COC(=O)Nc1cccc(NS(=O)(=O)c2cccc(Cl)c2)c1. The molecule has 0 saturated heterocycles. The molecule has 2 aromatic rings. The lowest BCUT2D eigenvalue weighted by Gasteiger charge is -2.10. The number of carbonyl (C=O) groups excluding carboxylic acids is 1. The third kappa shape index (κ3) is 4.12. The molecule has 0 aliphatic heterocycles. The van der Waals surface area contributed by atoms with Crippen molar-refractivity contribution in [1.29, 1.82) is 0 Å². The molecule has 0 fully saturated rings. The Hall–Kier alpha value is -2.25. The van der Waals surface area contributed by atoms with Gasteiger partial charge < -0.3 is 4.74 Å². The van der Waals surface area contributed by atoms with Crippen LogP contribution in [-0.4, -0.2) is 21.6 Å². The Morgan fingerprint density at radius 2 is 1.77 bits per heavy atom. The number of hydrogen-bond donors (Lipinski definition) is 2. The fourth-order valence-electron chi connectivity index (χ4n) is 1.68. The van der Waals surface area contributed by atoms with Crippen LogP contribution in [0.15, 0.2) is 53.4 Å². The van der Waals surface area contributed by atoms with Gasteiger partial charge in [-0.2, -0.15) is 0 Å². The number of ether oxygens (including phenoxy) is 1. The number of rotatable bonds is 4. The number of halogens is 1. The first-order chi connectivity index (χ1) is 10.4. The van der Waals surface area contributed by atoms with E-state index < -0.39 is 16.1 Å². The molecule has 0 spiro atoms. The van der Waals surface area contributed by atoms with Crippen LogP contribution in [0.4, 0.5) is 16.2 Å². The van der Waals surface area contributed by atoms with Crippen molar-refractivity contribution in [3.63, 3.8) is 0 Å². The second kappa shape index (κ2) is 6.67. The van der Waals surface area contributed by atoms with E-state index in [4.69, 9.17) is 11.6 Å². The van der Waals surface area contributed by atoms with E-state index in [0.29, 0.717) is 16.4 Å². The van der Waals surface area contributed by atoms with E-state index in [0.717, 1.165) is 0 Å². The van der Waals surface area contributed by atoms with E-state index >= 15 is 0 Å². The quantitative estimate of drug-likeness (QED) is 0.894. The number of hydrogen-bond acceptors (Lipinski definition) is 4. The van der Waals surface area contributed by atoms with Gasteiger partial charge in [0.2, 0.25) is 0 Å². The summed E-state index contributed by atoms with van der Waals surface area (Å²) in [5.41, 5.74) is 0.701. The van der Waals surface area contributed by atoms with Crippen molar-refractivity contribution in [3.8, 4) is 0 Å². The maximum atomic E-state index is 12.3. The van der Waals surface area contributed by atoms with E-state index in [1.165, 1.54) is 25.3 Å². The zero-order valence-electron chi connectivity index (χ0n) is 11.5. The van der Waals surface area contributed by atoms with Crippen molar-refractivity contribution < 1.29 is 17.9 Å². The average Bonchev–Trinajstić information content (AvgIpc) is 2.47. The highest BCUT2D eigenvalue weighted by Gasteiger charge is 2.14. The maximum Gasteiger partial charge on any atom is 0.411 e. The Morgan fingerprint density at radius 3 is 2.45 bits per heavy atom. The van der Waals surface area contributed by atoms with E-state index in [1.54, 1.807) is 30.3 Å². The van der Waals surface area contributed by atoms with Gasteiger partial charge in [0, 0.05) is 10.7 Å². The monoisotopic (exact) mass is 340 g/mol. The second-order valence-corrected chi connectivity index (χ2v) is 6.38. The number of sulfonamides is 1. The van der Waals surface area contributed by atoms with Crippen molar-refractivity contribution in [2.75, 3.05) is 17.1 Å². The highest BCUT2D eigenvalue weighted by Crippen LogP contribution is 2.21. The van der Waals surface area contributed by atoms with Crippen LogP contribution in [0.1, 0.15) is 0 Å². The molecule has 0 aliphatic rings. The third-order valence-corrected chi connectivity index (χ3v) is 4.27. The fraction of sp³-hybridized carbons (Fsp3) is 0.0714. The lowest BCUT2D eigenvalue weighted by atomic mass is 10.3. The summed E-state index contributed by atoms with van der Waals surface area (Å²) in [6, 6.07) is 12.2. The third-order valence-electron chi connectivity index (χ3n) is 2.65. The van der Waals surface area contributed by atoms with Crippen LogP contribution in [-0.2, 0) is 14.8 Å². The molecular formula is C14H13ClN2O4S. The Bertz CT molecular complexity index is 793. The van der Waals surface area contributed by atoms with Gasteiger partial charge in [-0.25, -0.2) is 13.2 Å². The van der Waals surface area contributed by atoms with Crippen molar-refractivity contribution in [1.82, 2.24) is 0 Å². The number of carbonyl (C=O) groups is 1. The summed E-state index contributed by atoms with van der Waals surface area (Å²) < 4.78 is 31.4. The summed E-state index contributed by atoms with van der Waals surface area (Å²) in [7, 11) is -2.53. The van der Waals surface area contributed by atoms with E-state index in [1.807, 2.05) is 0 Å². The van der Waals surface area contributed by atoms with Crippen molar-refractivity contribution >= 4 is 39.1 Å². The van der Waals surface area contributed by atoms with E-state index in [-0.39, 0.29) is 4.90 Å². The Labute approximate surface area is 133 Å². The Kier molecular flexibility index (Phi) is 4.89. The van der Waals surface area contributed by atoms with Crippen LogP contribution in [0.2, 0.25) is 5.02 Å². The van der Waals surface area contributed by atoms with Gasteiger partial charge in [0.25, 0.3) is 10.0 Å². The van der Waals surface area contributed by atoms with Gasteiger partial charge in [0.15, 0.2) is 0 Å². The standard InChI is InChI=1S/C14H13ClN2O4S/c1-21-14(18)16-11-5-3-6-12(9-11)17-22(19,20)13-7-2-4-10(15)8-13/h2-9,17H,1H3,(H,16,18). The average molecular weight is 341 g/mol. The van der Waals surface area contributed by atoms with E-state index in [9.17, 15) is 13.2 Å². The molecule has 0 unspecified atom stereocenters. The van der Waals surface area contributed by atoms with Crippen molar-refractivity contribution in [2.45, 2.75) is 4.90 Å². The lowest BCUT2D eigenvalue weighted by Crippen LogP contribution is -2.14. The molecule has 2 N–H and O–H groups in total. The normalized spacial score (nSPS) is 10.8. The number of methoxy groups -OCH3 is 1. The zero-order chi connectivity index (χ0) is 16.2. The summed E-state index contributed by atoms with van der Waals surface area (Å²) in [4.78, 5) is 11.2. The first-order valence-corrected chi connectivity index (χ1v) is 8.00. The minimum Gasteiger partial charge on any atom is -0.453 e.